The Morgan fingerprint density at radius 2 is 1.50 bits per heavy atom. The van der Waals surface area contributed by atoms with Crippen molar-refractivity contribution in [1.29, 1.82) is 0 Å². The molecule has 1 aliphatic carbocycles. The number of benzene rings is 3. The molecule has 154 valence electrons. The van der Waals surface area contributed by atoms with Crippen molar-refractivity contribution < 1.29 is 14.3 Å². The molecule has 1 saturated heterocycles. The molecule has 2 aliphatic rings. The van der Waals surface area contributed by atoms with Crippen molar-refractivity contribution in [2.45, 2.75) is 19.4 Å². The van der Waals surface area contributed by atoms with Crippen LogP contribution < -0.4 is 0 Å². The van der Waals surface area contributed by atoms with Gasteiger partial charge in [-0.1, -0.05) is 54.6 Å². The molecule has 0 spiro atoms. The van der Waals surface area contributed by atoms with E-state index in [1.165, 1.54) is 25.9 Å². The van der Waals surface area contributed by atoms with Crippen molar-refractivity contribution in [3.05, 3.63) is 71.3 Å². The molecule has 4 heteroatoms. The van der Waals surface area contributed by atoms with Gasteiger partial charge in [0.05, 0.1) is 26.4 Å². The first-order valence-corrected chi connectivity index (χ1v) is 10.9. The van der Waals surface area contributed by atoms with E-state index >= 15 is 0 Å². The Labute approximate surface area is 177 Å². The normalized spacial score (nSPS) is 15.7. The van der Waals surface area contributed by atoms with Crippen LogP contribution in [0.25, 0.3) is 21.9 Å². The number of ether oxygens (including phenoxy) is 2. The molecule has 0 unspecified atom stereocenters. The Morgan fingerprint density at radius 1 is 0.733 bits per heavy atom. The summed E-state index contributed by atoms with van der Waals surface area (Å²) >= 11 is 0. The Hall–Kier alpha value is -2.53. The van der Waals surface area contributed by atoms with Gasteiger partial charge in [-0.05, 0) is 48.0 Å². The number of likely N-dealkylation sites (tertiary alicyclic amines) is 1. The summed E-state index contributed by atoms with van der Waals surface area (Å²) in [6, 6.07) is 18.1. The molecule has 0 N–H and O–H groups in total. The molecular weight excluding hydrogens is 374 g/mol. The topological polar surface area (TPSA) is 38.8 Å². The number of ketones is 1. The fourth-order valence-electron chi connectivity index (χ4n) is 4.67. The van der Waals surface area contributed by atoms with Gasteiger partial charge in [0.15, 0.2) is 5.78 Å². The van der Waals surface area contributed by atoms with E-state index in [1.54, 1.807) is 0 Å². The van der Waals surface area contributed by atoms with Gasteiger partial charge in [0.1, 0.15) is 0 Å². The van der Waals surface area contributed by atoms with Crippen LogP contribution >= 0.6 is 0 Å². The van der Waals surface area contributed by atoms with Gasteiger partial charge in [0.2, 0.25) is 0 Å². The standard InChI is InChI=1S/C26H27NO3/c28-26-23-7-2-1-6-21(23)22-11-10-19(20-8-5-9-24(26)25(20)22)18-30-17-16-29-15-14-27-12-3-4-13-27/h1-2,5-11H,3-4,12-18H2. The first kappa shape index (κ1) is 19.4. The highest BCUT2D eigenvalue weighted by Crippen LogP contribution is 2.40. The van der Waals surface area contributed by atoms with Crippen molar-refractivity contribution in [3.63, 3.8) is 0 Å². The van der Waals surface area contributed by atoms with Crippen LogP contribution in [0, 0.1) is 0 Å². The third kappa shape index (κ3) is 3.67. The van der Waals surface area contributed by atoms with E-state index < -0.39 is 0 Å². The summed E-state index contributed by atoms with van der Waals surface area (Å²) in [5.74, 6) is 0.105. The van der Waals surface area contributed by atoms with Gasteiger partial charge in [0.25, 0.3) is 0 Å². The molecule has 0 saturated carbocycles. The maximum absolute atomic E-state index is 13.0. The molecule has 1 aliphatic heterocycles. The quantitative estimate of drug-likeness (QED) is 0.402. The minimum absolute atomic E-state index is 0.105. The second-order valence-electron chi connectivity index (χ2n) is 8.09. The maximum Gasteiger partial charge on any atom is 0.194 e. The number of nitrogens with zero attached hydrogens (tertiary/aromatic N) is 1. The van der Waals surface area contributed by atoms with Gasteiger partial charge in [0, 0.05) is 23.1 Å². The zero-order chi connectivity index (χ0) is 20.3. The van der Waals surface area contributed by atoms with Crippen LogP contribution in [0.15, 0.2) is 54.6 Å². The van der Waals surface area contributed by atoms with Gasteiger partial charge in [-0.3, -0.25) is 4.79 Å². The molecule has 0 aromatic heterocycles. The SMILES string of the molecule is O=C1c2ccccc2-c2ccc(COCCOCCN3CCCC3)c3cccc1c23. The van der Waals surface area contributed by atoms with Gasteiger partial charge in [-0.15, -0.1) is 0 Å². The highest BCUT2D eigenvalue weighted by atomic mass is 16.5. The highest BCUT2D eigenvalue weighted by Gasteiger charge is 2.25. The molecule has 1 fully saturated rings. The van der Waals surface area contributed by atoms with Gasteiger partial charge >= 0.3 is 0 Å². The van der Waals surface area contributed by atoms with Gasteiger partial charge in [-0.2, -0.15) is 0 Å². The van der Waals surface area contributed by atoms with Crippen molar-refractivity contribution in [2.75, 3.05) is 39.5 Å². The molecule has 5 rings (SSSR count). The molecular formula is C26H27NO3. The van der Waals surface area contributed by atoms with E-state index in [1.807, 2.05) is 36.4 Å². The van der Waals surface area contributed by atoms with E-state index in [4.69, 9.17) is 9.47 Å². The Kier molecular flexibility index (Phi) is 5.63. The lowest BCUT2D eigenvalue weighted by molar-refractivity contribution is 0.0346. The largest absolute Gasteiger partial charge is 0.378 e. The lowest BCUT2D eigenvalue weighted by Gasteiger charge is -2.21. The molecule has 3 aromatic carbocycles. The molecule has 0 bridgehead atoms. The van der Waals surface area contributed by atoms with E-state index in [2.05, 4.69) is 23.1 Å². The predicted molar refractivity (Wildman–Crippen MR) is 119 cm³/mol. The summed E-state index contributed by atoms with van der Waals surface area (Å²) in [5.41, 5.74) is 4.83. The van der Waals surface area contributed by atoms with Crippen molar-refractivity contribution in [1.82, 2.24) is 4.90 Å². The minimum atomic E-state index is 0.105. The molecule has 1 heterocycles. The molecule has 0 radical (unpaired) electrons. The summed E-state index contributed by atoms with van der Waals surface area (Å²) in [7, 11) is 0. The monoisotopic (exact) mass is 401 g/mol. The number of hydrogen-bond donors (Lipinski definition) is 0. The second-order valence-corrected chi connectivity index (χ2v) is 8.09. The van der Waals surface area contributed by atoms with Crippen LogP contribution in [0.5, 0.6) is 0 Å². The first-order valence-electron chi connectivity index (χ1n) is 10.9. The lowest BCUT2D eigenvalue weighted by Crippen LogP contribution is -2.24. The summed E-state index contributed by atoms with van der Waals surface area (Å²) in [6.45, 7) is 5.91. The average molecular weight is 402 g/mol. The number of hydrogen-bond acceptors (Lipinski definition) is 4. The molecule has 0 amide bonds. The van der Waals surface area contributed by atoms with Crippen LogP contribution in [-0.2, 0) is 16.1 Å². The number of rotatable bonds is 8. The maximum atomic E-state index is 13.0. The Bertz CT molecular complexity index is 1070. The fourth-order valence-corrected chi connectivity index (χ4v) is 4.67. The molecule has 30 heavy (non-hydrogen) atoms. The summed E-state index contributed by atoms with van der Waals surface area (Å²) in [5, 5.41) is 2.15. The van der Waals surface area contributed by atoms with E-state index in [0.29, 0.717) is 19.8 Å². The fraction of sp³-hybridized carbons (Fsp3) is 0.346. The highest BCUT2D eigenvalue weighted by molar-refractivity contribution is 6.26. The third-order valence-electron chi connectivity index (χ3n) is 6.22. The zero-order valence-corrected chi connectivity index (χ0v) is 17.2. The van der Waals surface area contributed by atoms with Gasteiger partial charge < -0.3 is 14.4 Å². The lowest BCUT2D eigenvalue weighted by atomic mass is 9.82. The van der Waals surface area contributed by atoms with Crippen molar-refractivity contribution >= 4 is 16.6 Å². The van der Waals surface area contributed by atoms with Crippen LogP contribution in [0.1, 0.15) is 34.3 Å². The van der Waals surface area contributed by atoms with Crippen molar-refractivity contribution in [3.8, 4) is 11.1 Å². The predicted octanol–water partition coefficient (Wildman–Crippen LogP) is 4.68. The van der Waals surface area contributed by atoms with Crippen LogP contribution in [0.3, 0.4) is 0 Å². The van der Waals surface area contributed by atoms with Crippen LogP contribution in [0.2, 0.25) is 0 Å². The first-order chi connectivity index (χ1) is 14.8. The number of carbonyl (C=O) groups is 1. The van der Waals surface area contributed by atoms with E-state index in [-0.39, 0.29) is 5.78 Å². The molecule has 4 nitrogen and oxygen atoms in total. The Morgan fingerprint density at radius 3 is 2.37 bits per heavy atom. The minimum Gasteiger partial charge on any atom is -0.378 e. The van der Waals surface area contributed by atoms with Crippen LogP contribution in [0.4, 0.5) is 0 Å². The van der Waals surface area contributed by atoms with Crippen LogP contribution in [-0.4, -0.2) is 50.1 Å². The van der Waals surface area contributed by atoms with E-state index in [9.17, 15) is 4.79 Å². The summed E-state index contributed by atoms with van der Waals surface area (Å²) in [4.78, 5) is 15.5. The second kappa shape index (κ2) is 8.68. The number of carbonyl (C=O) groups excluding carboxylic acids is 1. The summed E-state index contributed by atoms with van der Waals surface area (Å²) < 4.78 is 11.6. The smallest absolute Gasteiger partial charge is 0.194 e. The van der Waals surface area contributed by atoms with Gasteiger partial charge in [-0.25, -0.2) is 0 Å². The summed E-state index contributed by atoms with van der Waals surface area (Å²) in [6.07, 6.45) is 2.63. The molecule has 0 atom stereocenters. The third-order valence-corrected chi connectivity index (χ3v) is 6.22. The number of fused-ring (bicyclic) bond motifs is 2. The van der Waals surface area contributed by atoms with E-state index in [0.717, 1.165) is 51.7 Å². The van der Waals surface area contributed by atoms with Crippen molar-refractivity contribution in [2.24, 2.45) is 0 Å². The average Bonchev–Trinajstić information content (AvgIpc) is 3.31. The molecule has 3 aromatic rings. The Balaban J connectivity index is 1.26. The zero-order valence-electron chi connectivity index (χ0n) is 17.2.